The van der Waals surface area contributed by atoms with Gasteiger partial charge >= 0.3 is 0 Å². The monoisotopic (exact) mass is 525 g/mol. The lowest BCUT2D eigenvalue weighted by Crippen LogP contribution is -2.41. The van der Waals surface area contributed by atoms with Crippen LogP contribution in [-0.4, -0.2) is 27.6 Å². The van der Waals surface area contributed by atoms with Gasteiger partial charge in [0.1, 0.15) is 34.0 Å². The quantitative estimate of drug-likeness (QED) is 0.301. The fourth-order valence-electron chi connectivity index (χ4n) is 4.59. The van der Waals surface area contributed by atoms with Gasteiger partial charge in [-0.3, -0.25) is 14.4 Å². The van der Waals surface area contributed by atoms with Crippen LogP contribution in [0.1, 0.15) is 60.8 Å². The van der Waals surface area contributed by atoms with Crippen molar-refractivity contribution in [3.8, 4) is 17.2 Å². The summed E-state index contributed by atoms with van der Waals surface area (Å²) in [5.41, 5.74) is -0.239. The number of hydrogen-bond donors (Lipinski definition) is 3. The van der Waals surface area contributed by atoms with Gasteiger partial charge in [0.15, 0.2) is 17.3 Å². The summed E-state index contributed by atoms with van der Waals surface area (Å²) in [6.07, 6.45) is 1.21. The first-order valence-electron chi connectivity index (χ1n) is 10.7. The molecule has 3 N–H and O–H groups in total. The molecule has 7 nitrogen and oxygen atoms in total. The molecule has 2 aliphatic rings. The third-order valence-corrected chi connectivity index (χ3v) is 7.09. The Morgan fingerprint density at radius 2 is 1.74 bits per heavy atom. The minimum absolute atomic E-state index is 0.0119. The number of ketones is 3. The van der Waals surface area contributed by atoms with Gasteiger partial charge in [-0.2, -0.15) is 0 Å². The van der Waals surface area contributed by atoms with Crippen LogP contribution < -0.4 is 10.1 Å². The molecule has 2 atom stereocenters. The standard InChI is InChI=1S/C26H24BrNO6/c1-11-22(31)20(14(4)29)24-21(23(11)32)26(5)18(34-24)10-17(30)19(25(26)33)13(3)28-12(2)15-6-8-16(27)9-7-15/h6-10,12,28,31-32H,1-5H3/b19-13+/t12?,26-/m0/s1. The van der Waals surface area contributed by atoms with Gasteiger partial charge in [-0.05, 0) is 52.3 Å². The predicted octanol–water partition coefficient (Wildman–Crippen LogP) is 4.68. The van der Waals surface area contributed by atoms with Crippen LogP contribution in [-0.2, 0) is 15.0 Å². The molecule has 34 heavy (non-hydrogen) atoms. The molecule has 8 heteroatoms. The average molecular weight is 526 g/mol. The van der Waals surface area contributed by atoms with Crippen molar-refractivity contribution in [1.82, 2.24) is 5.32 Å². The molecule has 1 heterocycles. The van der Waals surface area contributed by atoms with Crippen molar-refractivity contribution in [2.45, 2.75) is 46.1 Å². The first kappa shape index (κ1) is 23.8. The number of phenolic OH excluding ortho intramolecular Hbond substituents is 2. The Balaban J connectivity index is 1.84. The van der Waals surface area contributed by atoms with Crippen LogP contribution in [0.25, 0.3) is 0 Å². The Bertz CT molecular complexity index is 1340. The summed E-state index contributed by atoms with van der Waals surface area (Å²) in [7, 11) is 0. The zero-order valence-corrected chi connectivity index (χ0v) is 21.0. The van der Waals surface area contributed by atoms with Gasteiger partial charge in [-0.1, -0.05) is 28.1 Å². The fraction of sp³-hybridized carbons (Fsp3) is 0.269. The predicted molar refractivity (Wildman–Crippen MR) is 129 cm³/mol. The molecule has 0 saturated carbocycles. The number of nitrogens with one attached hydrogen (secondary N) is 1. The molecule has 1 unspecified atom stereocenters. The lowest BCUT2D eigenvalue weighted by atomic mass is 9.70. The minimum atomic E-state index is -1.53. The topological polar surface area (TPSA) is 113 Å². The van der Waals surface area contributed by atoms with Gasteiger partial charge in [-0.25, -0.2) is 0 Å². The van der Waals surface area contributed by atoms with E-state index in [-0.39, 0.29) is 45.6 Å². The number of Topliss-reactive ketones (excluding diaryl/α,β-unsaturated/α-hetero) is 2. The van der Waals surface area contributed by atoms with Gasteiger partial charge in [-0.15, -0.1) is 0 Å². The summed E-state index contributed by atoms with van der Waals surface area (Å²) in [4.78, 5) is 39.1. The summed E-state index contributed by atoms with van der Waals surface area (Å²) in [5, 5.41) is 24.6. The zero-order valence-electron chi connectivity index (χ0n) is 19.4. The van der Waals surface area contributed by atoms with Crippen LogP contribution in [0.2, 0.25) is 0 Å². The molecule has 4 rings (SSSR count). The van der Waals surface area contributed by atoms with E-state index in [0.717, 1.165) is 10.0 Å². The third-order valence-electron chi connectivity index (χ3n) is 6.56. The third kappa shape index (κ3) is 3.36. The van der Waals surface area contributed by atoms with E-state index in [0.29, 0.717) is 5.70 Å². The molecular weight excluding hydrogens is 502 g/mol. The molecule has 0 fully saturated rings. The second-order valence-corrected chi connectivity index (χ2v) is 9.72. The summed E-state index contributed by atoms with van der Waals surface area (Å²) in [6, 6.07) is 7.48. The number of allylic oxidation sites excluding steroid dienone is 4. The van der Waals surface area contributed by atoms with Crippen LogP contribution in [0.15, 0.2) is 51.8 Å². The summed E-state index contributed by atoms with van der Waals surface area (Å²) in [5.74, 6) is -2.44. The molecule has 2 aromatic rings. The molecule has 2 aromatic carbocycles. The number of hydrogen-bond acceptors (Lipinski definition) is 7. The Labute approximate surface area is 205 Å². The van der Waals surface area contributed by atoms with Crippen LogP contribution in [0.5, 0.6) is 17.2 Å². The van der Waals surface area contributed by atoms with E-state index in [2.05, 4.69) is 21.2 Å². The minimum Gasteiger partial charge on any atom is -0.507 e. The number of phenols is 2. The maximum atomic E-state index is 13.8. The highest BCUT2D eigenvalue weighted by Gasteiger charge is 2.56. The molecule has 0 bridgehead atoms. The number of aromatic hydroxyl groups is 2. The molecular formula is C26H24BrNO6. The van der Waals surface area contributed by atoms with Crippen LogP contribution in [0, 0.1) is 6.92 Å². The van der Waals surface area contributed by atoms with Crippen molar-refractivity contribution in [2.24, 2.45) is 0 Å². The largest absolute Gasteiger partial charge is 0.507 e. The zero-order chi connectivity index (χ0) is 25.1. The SMILES string of the molecule is CC(=O)c1c(O)c(C)c(O)c2c1OC1=CC(=O)/C(=C(/C)NC(C)c3ccc(Br)cc3)C(=O)[C@@]12C. The van der Waals surface area contributed by atoms with E-state index in [9.17, 15) is 24.6 Å². The second-order valence-electron chi connectivity index (χ2n) is 8.80. The number of rotatable bonds is 4. The van der Waals surface area contributed by atoms with E-state index < -0.39 is 28.5 Å². The number of fused-ring (bicyclic) bond motifs is 3. The van der Waals surface area contributed by atoms with Gasteiger partial charge in [0.05, 0.1) is 11.1 Å². The molecule has 176 valence electrons. The van der Waals surface area contributed by atoms with E-state index in [1.54, 1.807) is 13.8 Å². The highest BCUT2D eigenvalue weighted by molar-refractivity contribution is 9.10. The normalized spacial score (nSPS) is 21.3. The van der Waals surface area contributed by atoms with E-state index >= 15 is 0 Å². The molecule has 0 amide bonds. The summed E-state index contributed by atoms with van der Waals surface area (Å²) >= 11 is 3.40. The van der Waals surface area contributed by atoms with Crippen molar-refractivity contribution in [2.75, 3.05) is 0 Å². The lowest BCUT2D eigenvalue weighted by Gasteiger charge is -2.29. The summed E-state index contributed by atoms with van der Waals surface area (Å²) in [6.45, 7) is 7.82. The molecule has 0 aromatic heterocycles. The van der Waals surface area contributed by atoms with Gasteiger partial charge in [0.2, 0.25) is 0 Å². The number of benzene rings is 2. The number of carbonyl (C=O) groups is 3. The highest BCUT2D eigenvalue weighted by Crippen LogP contribution is 2.57. The molecule has 0 saturated heterocycles. The van der Waals surface area contributed by atoms with Crippen molar-refractivity contribution in [1.29, 1.82) is 0 Å². The molecule has 0 radical (unpaired) electrons. The van der Waals surface area contributed by atoms with Gasteiger partial charge in [0, 0.05) is 27.9 Å². The second kappa shape index (κ2) is 8.13. The Morgan fingerprint density at radius 1 is 1.12 bits per heavy atom. The van der Waals surface area contributed by atoms with Crippen molar-refractivity contribution in [3.63, 3.8) is 0 Å². The summed E-state index contributed by atoms with van der Waals surface area (Å²) < 4.78 is 6.72. The first-order chi connectivity index (χ1) is 15.9. The van der Waals surface area contributed by atoms with E-state index in [1.807, 2.05) is 31.2 Å². The van der Waals surface area contributed by atoms with Crippen LogP contribution >= 0.6 is 15.9 Å². The van der Waals surface area contributed by atoms with E-state index in [4.69, 9.17) is 4.74 Å². The van der Waals surface area contributed by atoms with Crippen molar-refractivity contribution in [3.05, 3.63) is 74.1 Å². The van der Waals surface area contributed by atoms with Crippen LogP contribution in [0.3, 0.4) is 0 Å². The maximum absolute atomic E-state index is 13.8. The first-order valence-corrected chi connectivity index (χ1v) is 11.5. The average Bonchev–Trinajstić information content (AvgIpc) is 3.05. The van der Waals surface area contributed by atoms with Crippen molar-refractivity contribution < 1.29 is 29.3 Å². The van der Waals surface area contributed by atoms with Crippen LogP contribution in [0.4, 0.5) is 0 Å². The van der Waals surface area contributed by atoms with Gasteiger partial charge in [0.25, 0.3) is 0 Å². The Hall–Kier alpha value is -3.39. The highest BCUT2D eigenvalue weighted by atomic mass is 79.9. The van der Waals surface area contributed by atoms with Gasteiger partial charge < -0.3 is 20.3 Å². The Morgan fingerprint density at radius 3 is 2.32 bits per heavy atom. The number of halogens is 1. The molecule has 0 spiro atoms. The lowest BCUT2D eigenvalue weighted by molar-refractivity contribution is -0.123. The smallest absolute Gasteiger partial charge is 0.194 e. The number of carbonyl (C=O) groups excluding carboxylic acids is 3. The molecule has 1 aliphatic carbocycles. The number of ether oxygens (including phenoxy) is 1. The maximum Gasteiger partial charge on any atom is 0.194 e. The fourth-order valence-corrected chi connectivity index (χ4v) is 4.86. The van der Waals surface area contributed by atoms with Crippen molar-refractivity contribution >= 4 is 33.3 Å². The Kier molecular flexibility index (Phi) is 5.68. The van der Waals surface area contributed by atoms with E-state index in [1.165, 1.54) is 19.9 Å². The molecule has 1 aliphatic heterocycles.